The van der Waals surface area contributed by atoms with Crippen molar-refractivity contribution in [2.45, 2.75) is 38.3 Å². The molecule has 1 aliphatic heterocycles. The Morgan fingerprint density at radius 1 is 1.38 bits per heavy atom. The van der Waals surface area contributed by atoms with Gasteiger partial charge in [0.05, 0.1) is 0 Å². The largest absolute Gasteiger partial charge is 0.324 e. The average molecular weight is 185 g/mol. The zero-order chi connectivity index (χ0) is 9.90. The third-order valence-electron chi connectivity index (χ3n) is 2.56. The summed E-state index contributed by atoms with van der Waals surface area (Å²) in [4.78, 5) is 2.38. The Bertz CT molecular complexity index is 143. The molecule has 1 saturated heterocycles. The SMILES string of the molecule is CN1CCC(NCC(C)(C)N)CC1. The molecule has 1 fully saturated rings. The fourth-order valence-corrected chi connectivity index (χ4v) is 1.62. The second-order valence-corrected chi connectivity index (χ2v) is 4.95. The molecule has 78 valence electrons. The van der Waals surface area contributed by atoms with E-state index in [9.17, 15) is 0 Å². The summed E-state index contributed by atoms with van der Waals surface area (Å²) in [6.45, 7) is 7.47. The van der Waals surface area contributed by atoms with E-state index in [-0.39, 0.29) is 5.54 Å². The van der Waals surface area contributed by atoms with E-state index >= 15 is 0 Å². The number of rotatable bonds is 3. The van der Waals surface area contributed by atoms with Crippen molar-refractivity contribution in [3.05, 3.63) is 0 Å². The van der Waals surface area contributed by atoms with Crippen molar-refractivity contribution in [2.24, 2.45) is 5.73 Å². The Labute approximate surface area is 81.7 Å². The van der Waals surface area contributed by atoms with Crippen molar-refractivity contribution in [1.29, 1.82) is 0 Å². The number of hydrogen-bond acceptors (Lipinski definition) is 3. The minimum atomic E-state index is -0.0800. The van der Waals surface area contributed by atoms with E-state index in [2.05, 4.69) is 31.1 Å². The quantitative estimate of drug-likeness (QED) is 0.669. The molecule has 1 rings (SSSR count). The zero-order valence-corrected chi connectivity index (χ0v) is 9.14. The first-order valence-corrected chi connectivity index (χ1v) is 5.18. The molecule has 0 aromatic heterocycles. The van der Waals surface area contributed by atoms with E-state index in [4.69, 9.17) is 5.73 Å². The molecule has 0 radical (unpaired) electrons. The van der Waals surface area contributed by atoms with Crippen molar-refractivity contribution >= 4 is 0 Å². The van der Waals surface area contributed by atoms with Crippen LogP contribution in [0.4, 0.5) is 0 Å². The second-order valence-electron chi connectivity index (χ2n) is 4.95. The number of piperidine rings is 1. The fraction of sp³-hybridized carbons (Fsp3) is 1.00. The van der Waals surface area contributed by atoms with Crippen LogP contribution in [0.5, 0.6) is 0 Å². The predicted molar refractivity (Wildman–Crippen MR) is 56.8 cm³/mol. The molecule has 3 heteroatoms. The highest BCUT2D eigenvalue weighted by atomic mass is 15.1. The molecule has 0 spiro atoms. The Kier molecular flexibility index (Phi) is 3.71. The van der Waals surface area contributed by atoms with Gasteiger partial charge in [-0.05, 0) is 46.8 Å². The molecule has 0 aliphatic carbocycles. The lowest BCUT2D eigenvalue weighted by molar-refractivity contribution is 0.229. The lowest BCUT2D eigenvalue weighted by Gasteiger charge is -2.31. The Morgan fingerprint density at radius 3 is 2.38 bits per heavy atom. The summed E-state index contributed by atoms with van der Waals surface area (Å²) < 4.78 is 0. The molecule has 3 nitrogen and oxygen atoms in total. The summed E-state index contributed by atoms with van der Waals surface area (Å²) in [5.74, 6) is 0. The molecular weight excluding hydrogens is 162 g/mol. The second kappa shape index (κ2) is 4.40. The number of nitrogens with zero attached hydrogens (tertiary/aromatic N) is 1. The Hall–Kier alpha value is -0.120. The van der Waals surface area contributed by atoms with Gasteiger partial charge in [-0.1, -0.05) is 0 Å². The van der Waals surface area contributed by atoms with E-state index < -0.39 is 0 Å². The zero-order valence-electron chi connectivity index (χ0n) is 9.14. The molecule has 0 bridgehead atoms. The van der Waals surface area contributed by atoms with Gasteiger partial charge < -0.3 is 16.0 Å². The van der Waals surface area contributed by atoms with Crippen LogP contribution in [0.25, 0.3) is 0 Å². The van der Waals surface area contributed by atoms with E-state index in [0.29, 0.717) is 6.04 Å². The van der Waals surface area contributed by atoms with Crippen LogP contribution in [0.2, 0.25) is 0 Å². The number of likely N-dealkylation sites (tertiary alicyclic amines) is 1. The van der Waals surface area contributed by atoms with Crippen molar-refractivity contribution in [3.63, 3.8) is 0 Å². The summed E-state index contributed by atoms with van der Waals surface area (Å²) in [6.07, 6.45) is 2.51. The summed E-state index contributed by atoms with van der Waals surface area (Å²) in [6, 6.07) is 0.680. The van der Waals surface area contributed by atoms with Gasteiger partial charge in [-0.3, -0.25) is 0 Å². The molecule has 1 heterocycles. The molecule has 0 aromatic rings. The van der Waals surface area contributed by atoms with Crippen LogP contribution in [0.1, 0.15) is 26.7 Å². The number of hydrogen-bond donors (Lipinski definition) is 2. The molecule has 0 saturated carbocycles. The van der Waals surface area contributed by atoms with Gasteiger partial charge in [-0.2, -0.15) is 0 Å². The Morgan fingerprint density at radius 2 is 1.92 bits per heavy atom. The summed E-state index contributed by atoms with van der Waals surface area (Å²) in [7, 11) is 2.18. The monoisotopic (exact) mass is 185 g/mol. The van der Waals surface area contributed by atoms with Crippen molar-refractivity contribution < 1.29 is 0 Å². The van der Waals surface area contributed by atoms with Crippen molar-refractivity contribution in [1.82, 2.24) is 10.2 Å². The number of nitrogens with two attached hydrogens (primary N) is 1. The summed E-state index contributed by atoms with van der Waals surface area (Å²) in [5.41, 5.74) is 5.83. The highest BCUT2D eigenvalue weighted by Crippen LogP contribution is 2.08. The molecular formula is C10H23N3. The minimum Gasteiger partial charge on any atom is -0.324 e. The molecule has 1 aliphatic rings. The third-order valence-corrected chi connectivity index (χ3v) is 2.56. The maximum absolute atomic E-state index is 5.91. The van der Waals surface area contributed by atoms with Gasteiger partial charge in [-0.25, -0.2) is 0 Å². The Balaban J connectivity index is 2.16. The van der Waals surface area contributed by atoms with Gasteiger partial charge in [0.15, 0.2) is 0 Å². The van der Waals surface area contributed by atoms with Crippen LogP contribution in [0, 0.1) is 0 Å². The van der Waals surface area contributed by atoms with Gasteiger partial charge in [0.25, 0.3) is 0 Å². The third kappa shape index (κ3) is 4.60. The van der Waals surface area contributed by atoms with Crippen LogP contribution in [-0.4, -0.2) is 43.2 Å². The predicted octanol–water partition coefficient (Wildman–Crippen LogP) is 0.408. The van der Waals surface area contributed by atoms with E-state index in [1.165, 1.54) is 25.9 Å². The topological polar surface area (TPSA) is 41.3 Å². The van der Waals surface area contributed by atoms with Crippen LogP contribution in [-0.2, 0) is 0 Å². The summed E-state index contributed by atoms with van der Waals surface area (Å²) >= 11 is 0. The van der Waals surface area contributed by atoms with Crippen LogP contribution < -0.4 is 11.1 Å². The van der Waals surface area contributed by atoms with Gasteiger partial charge in [0, 0.05) is 18.1 Å². The van der Waals surface area contributed by atoms with Gasteiger partial charge in [0.1, 0.15) is 0 Å². The van der Waals surface area contributed by atoms with Crippen LogP contribution >= 0.6 is 0 Å². The molecule has 0 amide bonds. The minimum absolute atomic E-state index is 0.0800. The molecule has 0 atom stereocenters. The maximum Gasteiger partial charge on any atom is 0.0223 e. The van der Waals surface area contributed by atoms with Gasteiger partial charge in [0.2, 0.25) is 0 Å². The lowest BCUT2D eigenvalue weighted by atomic mass is 10.0. The first-order valence-electron chi connectivity index (χ1n) is 5.18. The van der Waals surface area contributed by atoms with Crippen LogP contribution in [0.15, 0.2) is 0 Å². The lowest BCUT2D eigenvalue weighted by Crippen LogP contribution is -2.49. The van der Waals surface area contributed by atoms with Crippen molar-refractivity contribution in [2.75, 3.05) is 26.7 Å². The maximum atomic E-state index is 5.91. The van der Waals surface area contributed by atoms with Crippen molar-refractivity contribution in [3.8, 4) is 0 Å². The van der Waals surface area contributed by atoms with Gasteiger partial charge in [-0.15, -0.1) is 0 Å². The standard InChI is InChI=1S/C10H23N3/c1-10(2,11)8-12-9-4-6-13(3)7-5-9/h9,12H,4-8,11H2,1-3H3. The smallest absolute Gasteiger partial charge is 0.0223 e. The average Bonchev–Trinajstić information content (AvgIpc) is 2.02. The first kappa shape index (κ1) is 11.0. The van der Waals surface area contributed by atoms with Gasteiger partial charge >= 0.3 is 0 Å². The molecule has 0 aromatic carbocycles. The molecule has 13 heavy (non-hydrogen) atoms. The fourth-order valence-electron chi connectivity index (χ4n) is 1.62. The van der Waals surface area contributed by atoms with E-state index in [1.807, 2.05) is 0 Å². The van der Waals surface area contributed by atoms with E-state index in [0.717, 1.165) is 6.54 Å². The highest BCUT2D eigenvalue weighted by molar-refractivity contribution is 4.81. The molecule has 3 N–H and O–H groups in total. The molecule has 0 unspecified atom stereocenters. The van der Waals surface area contributed by atoms with E-state index in [1.54, 1.807) is 0 Å². The first-order chi connectivity index (χ1) is 5.97. The highest BCUT2D eigenvalue weighted by Gasteiger charge is 2.18. The van der Waals surface area contributed by atoms with Crippen LogP contribution in [0.3, 0.4) is 0 Å². The normalized spacial score (nSPS) is 22.2. The number of nitrogens with one attached hydrogen (secondary N) is 1. The summed E-state index contributed by atoms with van der Waals surface area (Å²) in [5, 5.41) is 3.53.